The number of aromatic amines is 1. The van der Waals surface area contributed by atoms with Gasteiger partial charge in [0.2, 0.25) is 5.91 Å². The average Bonchev–Trinajstić information content (AvgIpc) is 3.28. The zero-order valence-electron chi connectivity index (χ0n) is 15.7. The fraction of sp³-hybridized carbons (Fsp3) is 0.421. The Morgan fingerprint density at radius 3 is 2.74 bits per heavy atom. The quantitative estimate of drug-likeness (QED) is 0.581. The molecule has 0 aliphatic carbocycles. The smallest absolute Gasteiger partial charge is 0.260 e. The molecule has 0 aliphatic heterocycles. The lowest BCUT2D eigenvalue weighted by Crippen LogP contribution is -2.37. The van der Waals surface area contributed by atoms with Gasteiger partial charge in [0.25, 0.3) is 5.56 Å². The molecule has 0 unspecified atom stereocenters. The molecule has 1 amide bonds. The molecule has 8 heteroatoms. The molecule has 0 aliphatic rings. The third kappa shape index (κ3) is 4.62. The molecular formula is C19H23N3O2S3. The van der Waals surface area contributed by atoms with Gasteiger partial charge in [-0.05, 0) is 31.2 Å². The molecule has 3 aromatic heterocycles. The Morgan fingerprint density at radius 1 is 1.30 bits per heavy atom. The van der Waals surface area contributed by atoms with E-state index in [0.29, 0.717) is 22.9 Å². The lowest BCUT2D eigenvalue weighted by molar-refractivity contribution is -0.119. The molecule has 0 saturated carbocycles. The summed E-state index contributed by atoms with van der Waals surface area (Å²) in [4.78, 5) is 34.1. The van der Waals surface area contributed by atoms with Crippen LogP contribution in [0.15, 0.2) is 27.7 Å². The van der Waals surface area contributed by atoms with E-state index in [1.54, 1.807) is 11.3 Å². The van der Waals surface area contributed by atoms with Gasteiger partial charge in [0.1, 0.15) is 10.7 Å². The number of hydrogen-bond donors (Lipinski definition) is 2. The molecule has 0 spiro atoms. The minimum Gasteiger partial charge on any atom is -0.353 e. The molecule has 0 bridgehead atoms. The van der Waals surface area contributed by atoms with Gasteiger partial charge in [-0.2, -0.15) is 0 Å². The van der Waals surface area contributed by atoms with E-state index in [1.165, 1.54) is 23.1 Å². The Bertz CT molecular complexity index is 976. The number of carbonyl (C=O) groups is 1. The van der Waals surface area contributed by atoms with Crippen molar-refractivity contribution in [3.05, 3.63) is 39.1 Å². The fourth-order valence-electron chi connectivity index (χ4n) is 2.51. The maximum absolute atomic E-state index is 12.7. The van der Waals surface area contributed by atoms with Gasteiger partial charge >= 0.3 is 0 Å². The van der Waals surface area contributed by atoms with Gasteiger partial charge in [0, 0.05) is 21.9 Å². The predicted octanol–water partition coefficient (Wildman–Crippen LogP) is 4.67. The van der Waals surface area contributed by atoms with Crippen molar-refractivity contribution in [3.63, 3.8) is 0 Å². The molecular weight excluding hydrogens is 398 g/mol. The van der Waals surface area contributed by atoms with Crippen molar-refractivity contribution in [1.82, 2.24) is 15.3 Å². The first-order valence-electron chi connectivity index (χ1n) is 8.83. The van der Waals surface area contributed by atoms with Crippen LogP contribution >= 0.6 is 34.4 Å². The van der Waals surface area contributed by atoms with E-state index in [4.69, 9.17) is 0 Å². The molecule has 3 heterocycles. The Morgan fingerprint density at radius 2 is 2.07 bits per heavy atom. The first-order valence-corrected chi connectivity index (χ1v) is 11.6. The molecule has 0 fully saturated rings. The van der Waals surface area contributed by atoms with Gasteiger partial charge in [-0.1, -0.05) is 19.9 Å². The van der Waals surface area contributed by atoms with Crippen molar-refractivity contribution in [2.75, 3.05) is 5.75 Å². The van der Waals surface area contributed by atoms with Crippen LogP contribution in [-0.4, -0.2) is 27.7 Å². The Labute approximate surface area is 170 Å². The number of fused-ring (bicyclic) bond motifs is 1. The first-order chi connectivity index (χ1) is 12.9. The summed E-state index contributed by atoms with van der Waals surface area (Å²) in [6, 6.07) is 4.13. The van der Waals surface area contributed by atoms with Crippen molar-refractivity contribution in [3.8, 4) is 10.4 Å². The largest absolute Gasteiger partial charge is 0.353 e. The third-order valence-electron chi connectivity index (χ3n) is 4.49. The Balaban J connectivity index is 1.74. The van der Waals surface area contributed by atoms with Gasteiger partial charge < -0.3 is 10.3 Å². The van der Waals surface area contributed by atoms with E-state index in [-0.39, 0.29) is 22.8 Å². The van der Waals surface area contributed by atoms with E-state index in [9.17, 15) is 9.59 Å². The molecule has 3 aromatic rings. The molecule has 5 nitrogen and oxygen atoms in total. The monoisotopic (exact) mass is 421 g/mol. The van der Waals surface area contributed by atoms with Crippen molar-refractivity contribution < 1.29 is 4.79 Å². The summed E-state index contributed by atoms with van der Waals surface area (Å²) in [5.74, 6) is 1.35. The van der Waals surface area contributed by atoms with Crippen molar-refractivity contribution in [2.24, 2.45) is 5.92 Å². The second-order valence-corrected chi connectivity index (χ2v) is 9.95. The second-order valence-electron chi connectivity index (χ2n) is 6.81. The molecule has 2 atom stereocenters. The Hall–Kier alpha value is -1.64. The number of nitrogens with zero attached hydrogens (tertiary/aromatic N) is 1. The number of thioether (sulfide) groups is 1. The Kier molecular flexibility index (Phi) is 6.39. The van der Waals surface area contributed by atoms with Crippen LogP contribution in [0, 0.1) is 5.92 Å². The summed E-state index contributed by atoms with van der Waals surface area (Å²) in [6.07, 6.45) is 0. The molecule has 3 rings (SSSR count). The minimum atomic E-state index is -0.120. The van der Waals surface area contributed by atoms with Crippen LogP contribution in [0.3, 0.4) is 0 Å². The van der Waals surface area contributed by atoms with Crippen LogP contribution in [-0.2, 0) is 4.79 Å². The highest BCUT2D eigenvalue weighted by atomic mass is 32.2. The third-order valence-corrected chi connectivity index (χ3v) is 7.41. The number of amides is 1. The highest BCUT2D eigenvalue weighted by Crippen LogP contribution is 2.34. The number of thiophene rings is 2. The molecule has 27 heavy (non-hydrogen) atoms. The van der Waals surface area contributed by atoms with Gasteiger partial charge in [0.05, 0.1) is 16.4 Å². The van der Waals surface area contributed by atoms with Crippen LogP contribution in [0.1, 0.15) is 38.8 Å². The molecule has 0 saturated heterocycles. The number of H-pyrrole nitrogens is 1. The first kappa shape index (κ1) is 20.1. The van der Waals surface area contributed by atoms with E-state index in [1.807, 2.05) is 36.7 Å². The summed E-state index contributed by atoms with van der Waals surface area (Å²) in [7, 11) is 0. The SMILES string of the molecule is CC(C)[C@@H](C)NC(=O)CS[C@H](C)c1nc2scc(-c3cccs3)c2c(=O)[nH]1. The lowest BCUT2D eigenvalue weighted by Gasteiger charge is -2.18. The maximum Gasteiger partial charge on any atom is 0.260 e. The van der Waals surface area contributed by atoms with E-state index >= 15 is 0 Å². The van der Waals surface area contributed by atoms with Gasteiger partial charge in [-0.25, -0.2) is 4.98 Å². The zero-order chi connectivity index (χ0) is 19.6. The second kappa shape index (κ2) is 8.58. The van der Waals surface area contributed by atoms with Crippen LogP contribution < -0.4 is 10.9 Å². The minimum absolute atomic E-state index is 0.00702. The molecule has 144 valence electrons. The summed E-state index contributed by atoms with van der Waals surface area (Å²) in [6.45, 7) is 8.12. The van der Waals surface area contributed by atoms with E-state index < -0.39 is 0 Å². The van der Waals surface area contributed by atoms with Crippen LogP contribution in [0.2, 0.25) is 0 Å². The fourth-order valence-corrected chi connectivity index (χ4v) is 5.04. The molecule has 2 N–H and O–H groups in total. The van der Waals surface area contributed by atoms with Crippen LogP contribution in [0.5, 0.6) is 0 Å². The highest BCUT2D eigenvalue weighted by molar-refractivity contribution is 8.00. The summed E-state index contributed by atoms with van der Waals surface area (Å²) in [5.41, 5.74) is 0.817. The van der Waals surface area contributed by atoms with E-state index in [0.717, 1.165) is 15.3 Å². The van der Waals surface area contributed by atoms with Crippen LogP contribution in [0.25, 0.3) is 20.7 Å². The average molecular weight is 422 g/mol. The van der Waals surface area contributed by atoms with E-state index in [2.05, 4.69) is 29.1 Å². The summed E-state index contributed by atoms with van der Waals surface area (Å²) < 4.78 is 0. The number of aromatic nitrogens is 2. The van der Waals surface area contributed by atoms with Crippen molar-refractivity contribution in [1.29, 1.82) is 0 Å². The number of hydrogen-bond acceptors (Lipinski definition) is 6. The zero-order valence-corrected chi connectivity index (χ0v) is 18.2. The van der Waals surface area contributed by atoms with Gasteiger partial charge in [-0.15, -0.1) is 34.4 Å². The van der Waals surface area contributed by atoms with Crippen molar-refractivity contribution >= 4 is 50.6 Å². The number of nitrogens with one attached hydrogen (secondary N) is 2. The van der Waals surface area contributed by atoms with Gasteiger partial charge in [0.15, 0.2) is 0 Å². The van der Waals surface area contributed by atoms with Crippen LogP contribution in [0.4, 0.5) is 0 Å². The summed E-state index contributed by atoms with van der Waals surface area (Å²) in [5, 5.41) is 7.55. The summed E-state index contributed by atoms with van der Waals surface area (Å²) >= 11 is 4.57. The number of rotatable bonds is 7. The molecule has 0 aromatic carbocycles. The van der Waals surface area contributed by atoms with Gasteiger partial charge in [-0.3, -0.25) is 9.59 Å². The predicted molar refractivity (Wildman–Crippen MR) is 117 cm³/mol. The van der Waals surface area contributed by atoms with Crippen molar-refractivity contribution in [2.45, 2.75) is 39.0 Å². The maximum atomic E-state index is 12.7. The highest BCUT2D eigenvalue weighted by Gasteiger charge is 2.18. The molecule has 0 radical (unpaired) electrons. The standard InChI is InChI=1S/C19H23N3O2S3/c1-10(2)11(3)20-15(23)9-26-12(4)17-21-18(24)16-13(8-27-19(16)22-17)14-6-5-7-25-14/h5-8,10-12H,9H2,1-4H3,(H,20,23)(H,21,22,24)/t11-,12-/m1/s1. The normalized spacial score (nSPS) is 13.8. The lowest BCUT2D eigenvalue weighted by atomic mass is 10.1. The topological polar surface area (TPSA) is 74.8 Å². The number of carbonyl (C=O) groups excluding carboxylic acids is 1.